The molecule has 0 bridgehead atoms. The molecule has 0 aromatic rings. The summed E-state index contributed by atoms with van der Waals surface area (Å²) in [5, 5.41) is 0. The lowest BCUT2D eigenvalue weighted by Crippen LogP contribution is -2.00. The highest BCUT2D eigenvalue weighted by molar-refractivity contribution is 5.73. The molecule has 0 saturated heterocycles. The third-order valence-electron chi connectivity index (χ3n) is 1.27. The third-order valence-corrected chi connectivity index (χ3v) is 1.27. The van der Waals surface area contributed by atoms with Gasteiger partial charge in [-0.25, -0.2) is 0 Å². The molecule has 0 atom stereocenters. The van der Waals surface area contributed by atoms with Crippen LogP contribution in [0.5, 0.6) is 0 Å². The number of ether oxygens (including phenoxy) is 1. The second-order valence-electron chi connectivity index (χ2n) is 2.07. The number of carbonyl (C=O) groups is 1. The number of methoxy groups -OCH3 is 1. The minimum atomic E-state index is -0.249. The van der Waals surface area contributed by atoms with Crippen molar-refractivity contribution in [3.63, 3.8) is 0 Å². The van der Waals surface area contributed by atoms with Gasteiger partial charge < -0.3 is 4.74 Å². The van der Waals surface area contributed by atoms with Crippen LogP contribution in [0.25, 0.3) is 0 Å². The fourth-order valence-electron chi connectivity index (χ4n) is 0.719. The number of rotatable bonds is 2. The Balaban J connectivity index is 2.64. The van der Waals surface area contributed by atoms with Crippen LogP contribution < -0.4 is 0 Å². The molecule has 0 aromatic carbocycles. The summed E-state index contributed by atoms with van der Waals surface area (Å²) in [5.41, 5.74) is 6.37. The van der Waals surface area contributed by atoms with E-state index in [9.17, 15) is 4.79 Å². The maximum Gasteiger partial charge on any atom is 0.310 e. The number of esters is 1. The Labute approximate surface area is 65.2 Å². The molecule has 11 heavy (non-hydrogen) atoms. The van der Waals surface area contributed by atoms with Crippen LogP contribution in [0.3, 0.4) is 0 Å². The molecule has 56 valence electrons. The van der Waals surface area contributed by atoms with Crippen molar-refractivity contribution >= 4 is 5.97 Å². The first kappa shape index (κ1) is 7.62. The lowest BCUT2D eigenvalue weighted by Gasteiger charge is -1.97. The van der Waals surface area contributed by atoms with E-state index in [0.29, 0.717) is 0 Å². The molecule has 0 unspecified atom stereocenters. The molecule has 1 aliphatic carbocycles. The number of carbonyl (C=O) groups excluding carboxylic acids is 1. The van der Waals surface area contributed by atoms with E-state index in [1.54, 1.807) is 6.08 Å². The van der Waals surface area contributed by atoms with Crippen LogP contribution in [0.4, 0.5) is 0 Å². The summed E-state index contributed by atoms with van der Waals surface area (Å²) in [6, 6.07) is 0. The average molecular weight is 148 g/mol. The van der Waals surface area contributed by atoms with Gasteiger partial charge in [-0.2, -0.15) is 0 Å². The fourth-order valence-corrected chi connectivity index (χ4v) is 0.719. The lowest BCUT2D eigenvalue weighted by atomic mass is 10.1. The summed E-state index contributed by atoms with van der Waals surface area (Å²) in [6.45, 7) is 0. The molecule has 0 heterocycles. The van der Waals surface area contributed by atoms with Gasteiger partial charge >= 0.3 is 5.97 Å². The van der Waals surface area contributed by atoms with Gasteiger partial charge in [0, 0.05) is 5.57 Å². The maximum absolute atomic E-state index is 10.7. The van der Waals surface area contributed by atoms with E-state index in [1.807, 2.05) is 12.2 Å². The quantitative estimate of drug-likeness (QED) is 0.436. The normalized spacial score (nSPS) is 13.0. The third kappa shape index (κ3) is 2.30. The topological polar surface area (TPSA) is 26.3 Å². The second-order valence-corrected chi connectivity index (χ2v) is 2.07. The fraction of sp³-hybridized carbons (Fsp3) is 0.222. The zero-order valence-corrected chi connectivity index (χ0v) is 6.26. The van der Waals surface area contributed by atoms with Gasteiger partial charge in [0.2, 0.25) is 0 Å². The monoisotopic (exact) mass is 148 g/mol. The smallest absolute Gasteiger partial charge is 0.310 e. The van der Waals surface area contributed by atoms with Crippen LogP contribution in [0.15, 0.2) is 35.3 Å². The van der Waals surface area contributed by atoms with Gasteiger partial charge in [0.05, 0.1) is 13.5 Å². The van der Waals surface area contributed by atoms with Crippen molar-refractivity contribution in [2.75, 3.05) is 7.11 Å². The Morgan fingerprint density at radius 1 is 1.73 bits per heavy atom. The standard InChI is InChI=1S/C9H8O2/c1-11-9(10)7-8-5-3-2-4-6-8/h2-3,5H,7H2,1H3. The summed E-state index contributed by atoms with van der Waals surface area (Å²) in [7, 11) is 1.37. The Hall–Kier alpha value is -1.49. The molecule has 2 nitrogen and oxygen atoms in total. The Kier molecular flexibility index (Phi) is 2.51. The minimum Gasteiger partial charge on any atom is -0.469 e. The van der Waals surface area contributed by atoms with Crippen molar-refractivity contribution in [3.05, 3.63) is 35.3 Å². The predicted molar refractivity (Wildman–Crippen MR) is 40.9 cm³/mol. The number of hydrogen-bond acceptors (Lipinski definition) is 2. The van der Waals surface area contributed by atoms with Crippen LogP contribution >= 0.6 is 0 Å². The van der Waals surface area contributed by atoms with Crippen LogP contribution in [0, 0.1) is 0 Å². The molecule has 0 saturated carbocycles. The van der Waals surface area contributed by atoms with Gasteiger partial charge in [0.25, 0.3) is 0 Å². The van der Waals surface area contributed by atoms with Crippen molar-refractivity contribution in [2.24, 2.45) is 0 Å². The SMILES string of the molecule is COC(=O)CC1=C=C=CC=C1. The molecular formula is C9H8O2. The van der Waals surface area contributed by atoms with E-state index in [-0.39, 0.29) is 12.4 Å². The summed E-state index contributed by atoms with van der Waals surface area (Å²) in [5.74, 6) is -0.249. The summed E-state index contributed by atoms with van der Waals surface area (Å²) >= 11 is 0. The van der Waals surface area contributed by atoms with Crippen molar-refractivity contribution < 1.29 is 9.53 Å². The van der Waals surface area contributed by atoms with Crippen molar-refractivity contribution in [3.8, 4) is 0 Å². The van der Waals surface area contributed by atoms with Crippen LogP contribution in [-0.4, -0.2) is 13.1 Å². The van der Waals surface area contributed by atoms with E-state index >= 15 is 0 Å². The Morgan fingerprint density at radius 2 is 2.55 bits per heavy atom. The molecule has 0 amide bonds. The van der Waals surface area contributed by atoms with Gasteiger partial charge in [0.1, 0.15) is 0 Å². The number of hydrogen-bond donors (Lipinski definition) is 0. The second kappa shape index (κ2) is 3.62. The van der Waals surface area contributed by atoms with E-state index in [0.717, 1.165) is 5.57 Å². The average Bonchev–Trinajstić information content (AvgIpc) is 2.06. The first-order valence-corrected chi connectivity index (χ1v) is 3.27. The largest absolute Gasteiger partial charge is 0.469 e. The first-order chi connectivity index (χ1) is 5.33. The highest BCUT2D eigenvalue weighted by Gasteiger charge is 2.02. The molecule has 0 spiro atoms. The van der Waals surface area contributed by atoms with Crippen molar-refractivity contribution in [2.45, 2.75) is 6.42 Å². The van der Waals surface area contributed by atoms with Gasteiger partial charge in [-0.3, -0.25) is 4.79 Å². The molecule has 0 fully saturated rings. The lowest BCUT2D eigenvalue weighted by molar-refractivity contribution is -0.139. The van der Waals surface area contributed by atoms with E-state index < -0.39 is 0 Å². The highest BCUT2D eigenvalue weighted by atomic mass is 16.5. The number of allylic oxidation sites excluding steroid dienone is 3. The summed E-state index contributed by atoms with van der Waals surface area (Å²) in [4.78, 5) is 10.7. The zero-order valence-electron chi connectivity index (χ0n) is 6.26. The molecule has 1 rings (SSSR count). The van der Waals surface area contributed by atoms with Crippen molar-refractivity contribution in [1.29, 1.82) is 0 Å². The molecule has 0 radical (unpaired) electrons. The van der Waals surface area contributed by atoms with Crippen LogP contribution in [0.2, 0.25) is 0 Å². The molecular weight excluding hydrogens is 140 g/mol. The van der Waals surface area contributed by atoms with E-state index in [4.69, 9.17) is 0 Å². The molecule has 2 heteroatoms. The van der Waals surface area contributed by atoms with E-state index in [1.165, 1.54) is 7.11 Å². The van der Waals surface area contributed by atoms with Gasteiger partial charge in [-0.05, 0) is 12.2 Å². The van der Waals surface area contributed by atoms with Crippen molar-refractivity contribution in [1.82, 2.24) is 0 Å². The molecule has 0 aliphatic heterocycles. The first-order valence-electron chi connectivity index (χ1n) is 3.27. The zero-order chi connectivity index (χ0) is 8.10. The Bertz CT molecular complexity index is 285. The van der Waals surface area contributed by atoms with Crippen LogP contribution in [0.1, 0.15) is 6.42 Å². The highest BCUT2D eigenvalue weighted by Crippen LogP contribution is 2.04. The maximum atomic E-state index is 10.7. The summed E-state index contributed by atoms with van der Waals surface area (Å²) < 4.78 is 4.48. The minimum absolute atomic E-state index is 0.249. The van der Waals surface area contributed by atoms with Crippen LogP contribution in [-0.2, 0) is 9.53 Å². The molecule has 0 N–H and O–H groups in total. The Morgan fingerprint density at radius 3 is 3.09 bits per heavy atom. The van der Waals surface area contributed by atoms with Gasteiger partial charge in [-0.15, -0.1) is 0 Å². The van der Waals surface area contributed by atoms with Gasteiger partial charge in [0.15, 0.2) is 0 Å². The van der Waals surface area contributed by atoms with Gasteiger partial charge in [-0.1, -0.05) is 17.5 Å². The predicted octanol–water partition coefficient (Wildman–Crippen LogP) is 1.36. The van der Waals surface area contributed by atoms with E-state index in [2.05, 4.69) is 16.2 Å². The molecule has 1 aliphatic rings. The molecule has 0 aromatic heterocycles. The summed E-state index contributed by atoms with van der Waals surface area (Å²) in [6.07, 6.45) is 5.64.